The van der Waals surface area contributed by atoms with Crippen molar-refractivity contribution in [1.29, 1.82) is 0 Å². The summed E-state index contributed by atoms with van der Waals surface area (Å²) in [6.07, 6.45) is 3.69. The summed E-state index contributed by atoms with van der Waals surface area (Å²) < 4.78 is 28.4. The summed E-state index contributed by atoms with van der Waals surface area (Å²) in [6, 6.07) is 6.20. The van der Waals surface area contributed by atoms with Crippen molar-refractivity contribution in [1.82, 2.24) is 5.32 Å². The fourth-order valence-corrected chi connectivity index (χ4v) is 5.80. The lowest BCUT2D eigenvalue weighted by Gasteiger charge is -2.09. The van der Waals surface area contributed by atoms with Crippen LogP contribution in [0.4, 0.5) is 9.80 Å². The molecule has 10 heteroatoms. The molecule has 1 aromatic carbocycles. The highest BCUT2D eigenvalue weighted by atomic mass is 32.2. The number of hydrogen-bond donors (Lipinski definition) is 2. The maximum atomic E-state index is 12.8. The summed E-state index contributed by atoms with van der Waals surface area (Å²) in [4.78, 5) is 38.3. The van der Waals surface area contributed by atoms with Gasteiger partial charge >= 0.3 is 6.09 Å². The van der Waals surface area contributed by atoms with Crippen molar-refractivity contribution in [2.45, 2.75) is 50.3 Å². The molecule has 0 radical (unpaired) electrons. The Bertz CT molecular complexity index is 1120. The Morgan fingerprint density at radius 1 is 1.06 bits per heavy atom. The molecule has 0 saturated heterocycles. The van der Waals surface area contributed by atoms with Crippen LogP contribution in [0.5, 0.6) is 0 Å². The molecule has 8 nitrogen and oxygen atoms in total. The number of sulfone groups is 1. The van der Waals surface area contributed by atoms with Crippen LogP contribution in [0.25, 0.3) is 0 Å². The molecule has 2 N–H and O–H groups in total. The Hall–Kier alpha value is -2.72. The number of benzene rings is 1. The van der Waals surface area contributed by atoms with Gasteiger partial charge in [-0.2, -0.15) is 0 Å². The van der Waals surface area contributed by atoms with Crippen LogP contribution in [0.1, 0.15) is 52.5 Å². The van der Waals surface area contributed by atoms with Gasteiger partial charge in [0.25, 0.3) is 5.91 Å². The molecule has 1 heterocycles. The van der Waals surface area contributed by atoms with E-state index in [1.165, 1.54) is 30.6 Å². The third kappa shape index (κ3) is 5.55. The molecule has 1 aromatic heterocycles. The first-order chi connectivity index (χ1) is 15.2. The summed E-state index contributed by atoms with van der Waals surface area (Å²) in [5.74, 6) is -0.924. The number of imide groups is 1. The number of hydrogen-bond acceptors (Lipinski definition) is 7. The van der Waals surface area contributed by atoms with Gasteiger partial charge in [0.05, 0.1) is 29.7 Å². The van der Waals surface area contributed by atoms with Crippen molar-refractivity contribution in [3.05, 3.63) is 45.8 Å². The standard InChI is InChI=1S/C22H26N2O6S2/c1-3-32(28,29)15-11-9-14(10-12-15)13-18(25)23-21-19(20(26)24-22(27)30-2)16-7-5-4-6-8-17(16)31-21/h9-12H,3-8,13H2,1-2H3,(H,23,25)(H,24,26,27). The van der Waals surface area contributed by atoms with Crippen LogP contribution in [0, 0.1) is 0 Å². The molecule has 172 valence electrons. The molecule has 2 aromatic rings. The van der Waals surface area contributed by atoms with Gasteiger partial charge in [0, 0.05) is 4.88 Å². The van der Waals surface area contributed by atoms with E-state index in [-0.39, 0.29) is 23.0 Å². The summed E-state index contributed by atoms with van der Waals surface area (Å²) in [5.41, 5.74) is 1.84. The van der Waals surface area contributed by atoms with Crippen molar-refractivity contribution in [3.8, 4) is 0 Å². The van der Waals surface area contributed by atoms with Crippen LogP contribution in [0.2, 0.25) is 0 Å². The van der Waals surface area contributed by atoms with Gasteiger partial charge in [-0.3, -0.25) is 14.9 Å². The number of carbonyl (C=O) groups excluding carboxylic acids is 3. The van der Waals surface area contributed by atoms with E-state index in [9.17, 15) is 22.8 Å². The first-order valence-electron chi connectivity index (χ1n) is 10.4. The zero-order valence-electron chi connectivity index (χ0n) is 18.0. The largest absolute Gasteiger partial charge is 0.453 e. The number of anilines is 1. The first-order valence-corrected chi connectivity index (χ1v) is 12.9. The van der Waals surface area contributed by atoms with Crippen molar-refractivity contribution >= 4 is 44.1 Å². The average Bonchev–Trinajstić information content (AvgIpc) is 2.94. The van der Waals surface area contributed by atoms with E-state index in [1.807, 2.05) is 0 Å². The molecular formula is C22H26N2O6S2. The van der Waals surface area contributed by atoms with Gasteiger partial charge < -0.3 is 10.1 Å². The predicted molar refractivity (Wildman–Crippen MR) is 122 cm³/mol. The topological polar surface area (TPSA) is 119 Å². The molecular weight excluding hydrogens is 452 g/mol. The minimum Gasteiger partial charge on any atom is -0.453 e. The van der Waals surface area contributed by atoms with Gasteiger partial charge in [0.1, 0.15) is 5.00 Å². The Balaban J connectivity index is 1.81. The van der Waals surface area contributed by atoms with Gasteiger partial charge in [-0.1, -0.05) is 25.5 Å². The quantitative estimate of drug-likeness (QED) is 0.614. The van der Waals surface area contributed by atoms with Crippen molar-refractivity contribution < 1.29 is 27.5 Å². The van der Waals surface area contributed by atoms with Gasteiger partial charge in [-0.05, 0) is 48.9 Å². The number of carbonyl (C=O) groups is 3. The molecule has 0 aliphatic heterocycles. The van der Waals surface area contributed by atoms with Gasteiger partial charge in [0.15, 0.2) is 9.84 Å². The first kappa shape index (κ1) is 23.9. The highest BCUT2D eigenvalue weighted by Gasteiger charge is 2.27. The van der Waals surface area contributed by atoms with E-state index < -0.39 is 21.8 Å². The van der Waals surface area contributed by atoms with E-state index in [4.69, 9.17) is 0 Å². The molecule has 1 aliphatic carbocycles. The molecule has 32 heavy (non-hydrogen) atoms. The Morgan fingerprint density at radius 3 is 2.41 bits per heavy atom. The van der Waals surface area contributed by atoms with Crippen molar-refractivity contribution in [2.24, 2.45) is 0 Å². The molecule has 1 aliphatic rings. The molecule has 0 spiro atoms. The predicted octanol–water partition coefficient (Wildman–Crippen LogP) is 3.49. The second-order valence-corrected chi connectivity index (χ2v) is 10.9. The highest BCUT2D eigenvalue weighted by Crippen LogP contribution is 2.37. The summed E-state index contributed by atoms with van der Waals surface area (Å²) in [5, 5.41) is 5.41. The number of methoxy groups -OCH3 is 1. The molecule has 0 atom stereocenters. The molecule has 0 fully saturated rings. The Morgan fingerprint density at radius 2 is 1.75 bits per heavy atom. The summed E-state index contributed by atoms with van der Waals surface area (Å²) in [6.45, 7) is 1.58. The normalized spacial score (nSPS) is 13.6. The SMILES string of the molecule is CCS(=O)(=O)c1ccc(CC(=O)Nc2sc3c(c2C(=O)NC(=O)OC)CCCCC3)cc1. The van der Waals surface area contributed by atoms with Crippen LogP contribution < -0.4 is 10.6 Å². The zero-order chi connectivity index (χ0) is 23.3. The minimum absolute atomic E-state index is 0.00624. The second-order valence-electron chi connectivity index (χ2n) is 7.49. The number of amides is 3. The number of alkyl carbamates (subject to hydrolysis) is 1. The Labute approximate surface area is 191 Å². The number of thiophene rings is 1. The van der Waals surface area contributed by atoms with Crippen molar-refractivity contribution in [3.63, 3.8) is 0 Å². The maximum Gasteiger partial charge on any atom is 0.413 e. The van der Waals surface area contributed by atoms with Gasteiger partial charge in [-0.25, -0.2) is 13.2 Å². The fourth-order valence-electron chi connectivity index (χ4n) is 3.61. The van der Waals surface area contributed by atoms with Crippen LogP contribution in [0.3, 0.4) is 0 Å². The van der Waals surface area contributed by atoms with Crippen LogP contribution in [0.15, 0.2) is 29.2 Å². The number of nitrogens with one attached hydrogen (secondary N) is 2. The number of aryl methyl sites for hydroxylation is 1. The molecule has 3 amide bonds. The second kappa shape index (κ2) is 10.3. The van der Waals surface area contributed by atoms with Crippen LogP contribution in [-0.4, -0.2) is 39.2 Å². The third-order valence-electron chi connectivity index (χ3n) is 5.33. The molecule has 0 saturated carbocycles. The fraction of sp³-hybridized carbons (Fsp3) is 0.409. The van der Waals surface area contributed by atoms with E-state index in [0.29, 0.717) is 22.5 Å². The maximum absolute atomic E-state index is 12.8. The monoisotopic (exact) mass is 478 g/mol. The van der Waals surface area contributed by atoms with Gasteiger partial charge in [-0.15, -0.1) is 11.3 Å². The van der Waals surface area contributed by atoms with Crippen LogP contribution in [-0.2, 0) is 38.6 Å². The molecule has 3 rings (SSSR count). The Kier molecular flexibility index (Phi) is 7.68. The lowest BCUT2D eigenvalue weighted by Crippen LogP contribution is -2.31. The van der Waals surface area contributed by atoms with Crippen LogP contribution >= 0.6 is 11.3 Å². The van der Waals surface area contributed by atoms with E-state index >= 15 is 0 Å². The number of fused-ring (bicyclic) bond motifs is 1. The summed E-state index contributed by atoms with van der Waals surface area (Å²) >= 11 is 1.36. The van der Waals surface area contributed by atoms with Crippen molar-refractivity contribution in [2.75, 3.05) is 18.2 Å². The lowest BCUT2D eigenvalue weighted by molar-refractivity contribution is -0.115. The van der Waals surface area contributed by atoms with Gasteiger partial charge in [0.2, 0.25) is 5.91 Å². The third-order valence-corrected chi connectivity index (χ3v) is 8.29. The smallest absolute Gasteiger partial charge is 0.413 e. The minimum atomic E-state index is -3.31. The summed E-state index contributed by atoms with van der Waals surface area (Å²) in [7, 11) is -2.13. The highest BCUT2D eigenvalue weighted by molar-refractivity contribution is 7.91. The molecule has 0 unspecified atom stereocenters. The average molecular weight is 479 g/mol. The number of rotatable bonds is 6. The molecule has 0 bridgehead atoms. The lowest BCUT2D eigenvalue weighted by atomic mass is 10.0. The number of ether oxygens (including phenoxy) is 1. The van der Waals surface area contributed by atoms with E-state index in [0.717, 1.165) is 36.1 Å². The zero-order valence-corrected chi connectivity index (χ0v) is 19.7. The van der Waals surface area contributed by atoms with E-state index in [1.54, 1.807) is 19.1 Å². The van der Waals surface area contributed by atoms with E-state index in [2.05, 4.69) is 15.4 Å².